The summed E-state index contributed by atoms with van der Waals surface area (Å²) in [5, 5.41) is 20.6. The lowest BCUT2D eigenvalue weighted by atomic mass is 10.00. The average molecular weight is 699 g/mol. The van der Waals surface area contributed by atoms with Gasteiger partial charge in [-0.05, 0) is 171 Å². The summed E-state index contributed by atoms with van der Waals surface area (Å²) in [5.41, 5.74) is 13.1. The molecule has 0 unspecified atom stereocenters. The Labute approximate surface area is 314 Å². The third-order valence-corrected chi connectivity index (χ3v) is 9.78. The third kappa shape index (κ3) is 21.5. The highest BCUT2D eigenvalue weighted by atomic mass is 16.5. The molecule has 1 rings (SSSR count). The summed E-state index contributed by atoms with van der Waals surface area (Å²) in [6, 6.07) is 1.46. The van der Waals surface area contributed by atoms with Crippen molar-refractivity contribution in [1.29, 1.82) is 0 Å². The molecule has 0 fully saturated rings. The van der Waals surface area contributed by atoms with Gasteiger partial charge in [0.1, 0.15) is 5.75 Å². The topological polar surface area (TPSA) is 49.7 Å². The number of allylic oxidation sites excluding steroid dienone is 16. The van der Waals surface area contributed by atoms with Gasteiger partial charge < -0.3 is 14.9 Å². The number of rotatable bonds is 24. The first-order valence-corrected chi connectivity index (χ1v) is 19.5. The van der Waals surface area contributed by atoms with Gasteiger partial charge in [0.2, 0.25) is 0 Å². The highest BCUT2D eigenvalue weighted by Gasteiger charge is 2.14. The Morgan fingerprint density at radius 1 is 0.490 bits per heavy atom. The Balaban J connectivity index is 2.32. The number of hydrogen-bond acceptors (Lipinski definition) is 3. The van der Waals surface area contributed by atoms with Gasteiger partial charge in [0, 0.05) is 11.6 Å². The molecule has 3 nitrogen and oxygen atoms in total. The highest BCUT2D eigenvalue weighted by Crippen LogP contribution is 2.38. The largest absolute Gasteiger partial charge is 0.508 e. The van der Waals surface area contributed by atoms with Crippen LogP contribution in [-0.2, 0) is 6.42 Å². The van der Waals surface area contributed by atoms with E-state index in [2.05, 4.69) is 111 Å². The van der Waals surface area contributed by atoms with Crippen LogP contribution in [-0.4, -0.2) is 17.3 Å². The molecule has 0 heterocycles. The van der Waals surface area contributed by atoms with Crippen LogP contribution in [0.3, 0.4) is 0 Å². The Hall–Kier alpha value is -3.46. The van der Waals surface area contributed by atoms with E-state index in [1.54, 1.807) is 0 Å². The highest BCUT2D eigenvalue weighted by molar-refractivity contribution is 5.56. The second-order valence-electron chi connectivity index (χ2n) is 15.2. The minimum Gasteiger partial charge on any atom is -0.508 e. The number of ether oxygens (including phenoxy) is 1. The van der Waals surface area contributed by atoms with Gasteiger partial charge in [-0.3, -0.25) is 0 Å². The van der Waals surface area contributed by atoms with Gasteiger partial charge in [-0.15, -0.1) is 0 Å². The Morgan fingerprint density at radius 3 is 1.08 bits per heavy atom. The van der Waals surface area contributed by atoms with Gasteiger partial charge in [0.15, 0.2) is 11.5 Å². The predicted octanol–water partition coefficient (Wildman–Crippen LogP) is 15.0. The zero-order valence-electron chi connectivity index (χ0n) is 34.6. The van der Waals surface area contributed by atoms with Crippen LogP contribution in [0.5, 0.6) is 17.2 Å². The van der Waals surface area contributed by atoms with E-state index in [9.17, 15) is 10.2 Å². The molecule has 0 aliphatic carbocycles. The molecule has 1 aromatic carbocycles. The monoisotopic (exact) mass is 699 g/mol. The van der Waals surface area contributed by atoms with E-state index in [0.717, 1.165) is 77.0 Å². The predicted molar refractivity (Wildman–Crippen MR) is 225 cm³/mol. The maximum Gasteiger partial charge on any atom is 0.164 e. The number of methoxy groups -OCH3 is 1. The van der Waals surface area contributed by atoms with Gasteiger partial charge in [-0.25, -0.2) is 0 Å². The zero-order valence-corrected chi connectivity index (χ0v) is 34.6. The molecular weight excluding hydrogens is 625 g/mol. The van der Waals surface area contributed by atoms with E-state index in [1.807, 2.05) is 6.92 Å². The number of phenolic OH excluding ortho intramolecular Hbond substituents is 2. The lowest BCUT2D eigenvalue weighted by Crippen LogP contribution is -1.94. The molecule has 284 valence electrons. The molecule has 0 aliphatic rings. The van der Waals surface area contributed by atoms with E-state index >= 15 is 0 Å². The molecule has 0 saturated carbocycles. The smallest absolute Gasteiger partial charge is 0.164 e. The molecule has 0 aliphatic heterocycles. The van der Waals surface area contributed by atoms with Crippen molar-refractivity contribution in [2.45, 2.75) is 166 Å². The number of aromatic hydroxyl groups is 2. The third-order valence-electron chi connectivity index (χ3n) is 9.78. The fraction of sp³-hybridized carbons (Fsp3) is 0.542. The Morgan fingerprint density at radius 2 is 0.784 bits per heavy atom. The van der Waals surface area contributed by atoms with Crippen molar-refractivity contribution in [3.8, 4) is 17.2 Å². The van der Waals surface area contributed by atoms with Crippen LogP contribution in [0, 0.1) is 6.92 Å². The minimum atomic E-state index is 0.112. The summed E-state index contributed by atoms with van der Waals surface area (Å²) < 4.78 is 5.20. The van der Waals surface area contributed by atoms with Crippen LogP contribution in [0.2, 0.25) is 0 Å². The number of hydrogen-bond donors (Lipinski definition) is 2. The second-order valence-corrected chi connectivity index (χ2v) is 15.2. The van der Waals surface area contributed by atoms with Crippen molar-refractivity contribution in [3.63, 3.8) is 0 Å². The van der Waals surface area contributed by atoms with Crippen molar-refractivity contribution in [2.75, 3.05) is 7.11 Å². The summed E-state index contributed by atoms with van der Waals surface area (Å²) >= 11 is 0. The van der Waals surface area contributed by atoms with Crippen LogP contribution in [0.4, 0.5) is 0 Å². The SMILES string of the molecule is COc1cc(O)c(C)c(C/C=C(\C)CC/C=C(\C)CC/C=C(\C)CC/C=C(\C)CC/C=C(\C)CC/C=C(\C)CC/C=C(\C)CCC=C(C)C)c1O. The van der Waals surface area contributed by atoms with Crippen molar-refractivity contribution >= 4 is 0 Å². The summed E-state index contributed by atoms with van der Waals surface area (Å²) in [7, 11) is 1.50. The first-order chi connectivity index (χ1) is 24.2. The maximum absolute atomic E-state index is 10.5. The van der Waals surface area contributed by atoms with Gasteiger partial charge >= 0.3 is 0 Å². The average Bonchev–Trinajstić information content (AvgIpc) is 3.06. The molecule has 3 heteroatoms. The molecular formula is C48H74O3. The lowest BCUT2D eigenvalue weighted by Gasteiger charge is -2.13. The van der Waals surface area contributed by atoms with Gasteiger partial charge in [-0.1, -0.05) is 93.2 Å². The van der Waals surface area contributed by atoms with E-state index in [4.69, 9.17) is 4.74 Å². The van der Waals surface area contributed by atoms with E-state index in [0.29, 0.717) is 23.3 Å². The van der Waals surface area contributed by atoms with E-state index in [1.165, 1.54) is 70.6 Å². The summed E-state index contributed by atoms with van der Waals surface area (Å²) in [4.78, 5) is 0. The zero-order chi connectivity index (χ0) is 38.2. The first-order valence-electron chi connectivity index (χ1n) is 19.5. The summed E-state index contributed by atoms with van der Waals surface area (Å²) in [6.45, 7) is 21.9. The van der Waals surface area contributed by atoms with Crippen LogP contribution < -0.4 is 4.74 Å². The quantitative estimate of drug-likeness (QED) is 0.0834. The molecule has 1 aromatic rings. The second kappa shape index (κ2) is 26.3. The number of benzene rings is 1. The van der Waals surface area contributed by atoms with Crippen molar-refractivity contribution in [3.05, 3.63) is 110 Å². The molecule has 2 N–H and O–H groups in total. The Kier molecular flexibility index (Phi) is 23.5. The fourth-order valence-electron chi connectivity index (χ4n) is 6.04. The molecule has 0 amide bonds. The van der Waals surface area contributed by atoms with E-state index < -0.39 is 0 Å². The van der Waals surface area contributed by atoms with Crippen LogP contribution in [0.15, 0.2) is 99.3 Å². The molecule has 0 saturated heterocycles. The summed E-state index contributed by atoms with van der Waals surface area (Å²) in [5.74, 6) is 0.568. The van der Waals surface area contributed by atoms with Crippen molar-refractivity contribution in [2.24, 2.45) is 0 Å². The van der Waals surface area contributed by atoms with Crippen molar-refractivity contribution < 1.29 is 14.9 Å². The first kappa shape index (κ1) is 45.6. The number of phenols is 2. The van der Waals surface area contributed by atoms with Gasteiger partial charge in [-0.2, -0.15) is 0 Å². The molecule has 0 atom stereocenters. The molecule has 0 spiro atoms. The Bertz CT molecular complexity index is 1450. The minimum absolute atomic E-state index is 0.112. The van der Waals surface area contributed by atoms with E-state index in [-0.39, 0.29) is 11.5 Å². The maximum atomic E-state index is 10.5. The fourth-order valence-corrected chi connectivity index (χ4v) is 6.04. The van der Waals surface area contributed by atoms with Crippen molar-refractivity contribution in [1.82, 2.24) is 0 Å². The molecule has 0 aromatic heterocycles. The standard InChI is InChI=1S/C48H74O3/c1-36(2)19-12-20-37(3)21-13-22-38(4)23-14-24-39(5)25-15-26-40(6)27-16-28-41(7)29-17-30-42(8)31-18-32-43(9)33-34-45-44(10)46(49)35-47(51-11)48(45)50/h19,21,23,25,27,29,31,33,35,49-50H,12-18,20,22,24,26,28,30,32,34H2,1-11H3/b37-21+,38-23+,39-25+,40-27+,41-29+,42-31+,43-33+. The molecule has 0 radical (unpaired) electrons. The van der Waals surface area contributed by atoms with Gasteiger partial charge in [0.25, 0.3) is 0 Å². The van der Waals surface area contributed by atoms with Crippen LogP contribution >= 0.6 is 0 Å². The van der Waals surface area contributed by atoms with Crippen LogP contribution in [0.1, 0.15) is 163 Å². The normalized spacial score (nSPS) is 14.0. The molecule has 51 heavy (non-hydrogen) atoms. The van der Waals surface area contributed by atoms with Crippen LogP contribution in [0.25, 0.3) is 0 Å². The van der Waals surface area contributed by atoms with Gasteiger partial charge in [0.05, 0.1) is 7.11 Å². The lowest BCUT2D eigenvalue weighted by molar-refractivity contribution is 0.365. The summed E-state index contributed by atoms with van der Waals surface area (Å²) in [6.07, 6.45) is 35.3. The molecule has 0 bridgehead atoms.